The monoisotopic (exact) mass is 166 g/mol. The molecule has 11 heavy (non-hydrogen) atoms. The zero-order valence-corrected chi connectivity index (χ0v) is 9.28. The fourth-order valence-corrected chi connectivity index (χ4v) is 1.10. The minimum Gasteiger partial charge on any atom is -0.127 e. The zero-order chi connectivity index (χ0) is 8.91. The molecule has 0 rings (SSSR count). The van der Waals surface area contributed by atoms with Gasteiger partial charge in [0.2, 0.25) is 0 Å². The number of hydrogen-bond acceptors (Lipinski definition) is 0. The molecule has 62 valence electrons. The highest BCUT2D eigenvalue weighted by atomic mass is 28.3. The summed E-state index contributed by atoms with van der Waals surface area (Å²) in [7, 11) is -1.15. The van der Waals surface area contributed by atoms with Crippen LogP contribution in [0.5, 0.6) is 0 Å². The van der Waals surface area contributed by atoms with Crippen LogP contribution in [-0.4, -0.2) is 8.07 Å². The van der Waals surface area contributed by atoms with Gasteiger partial charge in [0.1, 0.15) is 8.07 Å². The number of rotatable bonds is 1. The Labute approximate surface area is 71.7 Å². The van der Waals surface area contributed by atoms with Crippen LogP contribution >= 0.6 is 0 Å². The lowest BCUT2D eigenvalue weighted by molar-refractivity contribution is 1.38. The third-order valence-corrected chi connectivity index (χ3v) is 4.24. The number of allylic oxidation sites excluding steroid dienone is 2. The summed E-state index contributed by atoms with van der Waals surface area (Å²) in [6.45, 7) is 11.0. The minimum absolute atomic E-state index is 1.15. The van der Waals surface area contributed by atoms with Crippen molar-refractivity contribution in [3.05, 3.63) is 11.6 Å². The molecule has 0 aliphatic heterocycles. The van der Waals surface area contributed by atoms with E-state index in [1.54, 1.807) is 0 Å². The van der Waals surface area contributed by atoms with Gasteiger partial charge in [0.05, 0.1) is 0 Å². The Balaban J connectivity index is 4.18. The van der Waals surface area contributed by atoms with Gasteiger partial charge in [-0.15, -0.1) is 5.54 Å². The zero-order valence-electron chi connectivity index (χ0n) is 8.28. The van der Waals surface area contributed by atoms with Crippen LogP contribution in [0.3, 0.4) is 0 Å². The predicted octanol–water partition coefficient (Wildman–Crippen LogP) is 3.22. The molecule has 0 aromatic rings. The van der Waals surface area contributed by atoms with Gasteiger partial charge >= 0.3 is 0 Å². The summed E-state index contributed by atoms with van der Waals surface area (Å²) in [6, 6.07) is 1.25. The van der Waals surface area contributed by atoms with Crippen LogP contribution in [-0.2, 0) is 0 Å². The normalized spacial score (nSPS) is 9.91. The lowest BCUT2D eigenvalue weighted by Gasteiger charge is -2.08. The molecule has 1 heteroatoms. The SMILES string of the molecule is CC[Si](C)(C)C#CC=C(C)C. The highest BCUT2D eigenvalue weighted by Gasteiger charge is 2.12. The van der Waals surface area contributed by atoms with E-state index >= 15 is 0 Å². The van der Waals surface area contributed by atoms with E-state index in [2.05, 4.69) is 45.3 Å². The average Bonchev–Trinajstić information content (AvgIpc) is 1.87. The molecule has 0 saturated heterocycles. The van der Waals surface area contributed by atoms with E-state index in [1.165, 1.54) is 11.6 Å². The van der Waals surface area contributed by atoms with Crippen molar-refractivity contribution in [2.45, 2.75) is 39.9 Å². The first kappa shape index (κ1) is 10.5. The van der Waals surface area contributed by atoms with E-state index in [1.807, 2.05) is 6.08 Å². The summed E-state index contributed by atoms with van der Waals surface area (Å²) in [5.74, 6) is 3.13. The maximum absolute atomic E-state index is 3.35. The van der Waals surface area contributed by atoms with E-state index in [0.717, 1.165) is 0 Å². The van der Waals surface area contributed by atoms with Crippen LogP contribution in [0.15, 0.2) is 11.6 Å². The molecule has 0 unspecified atom stereocenters. The Morgan fingerprint density at radius 2 is 1.91 bits per heavy atom. The number of hydrogen-bond donors (Lipinski definition) is 0. The van der Waals surface area contributed by atoms with Gasteiger partial charge in [-0.1, -0.05) is 31.5 Å². The van der Waals surface area contributed by atoms with Crippen LogP contribution in [0.4, 0.5) is 0 Å². The molecule has 0 atom stereocenters. The highest BCUT2D eigenvalue weighted by Crippen LogP contribution is 2.05. The predicted molar refractivity (Wildman–Crippen MR) is 55.2 cm³/mol. The summed E-state index contributed by atoms with van der Waals surface area (Å²) in [6.07, 6.45) is 2.00. The molecular weight excluding hydrogens is 148 g/mol. The van der Waals surface area contributed by atoms with Crippen molar-refractivity contribution in [3.63, 3.8) is 0 Å². The molecule has 0 fully saturated rings. The summed E-state index contributed by atoms with van der Waals surface area (Å²) in [5.41, 5.74) is 4.64. The third kappa shape index (κ3) is 5.94. The van der Waals surface area contributed by atoms with Crippen molar-refractivity contribution in [2.24, 2.45) is 0 Å². The van der Waals surface area contributed by atoms with Crippen LogP contribution in [0.2, 0.25) is 19.1 Å². The molecular formula is C10H18Si. The molecule has 0 bridgehead atoms. The summed E-state index contributed by atoms with van der Waals surface area (Å²) >= 11 is 0. The lowest BCUT2D eigenvalue weighted by atomic mass is 10.3. The molecule has 0 N–H and O–H groups in total. The Kier molecular flexibility index (Phi) is 4.21. The van der Waals surface area contributed by atoms with Gasteiger partial charge in [0, 0.05) is 0 Å². The van der Waals surface area contributed by atoms with Crippen molar-refractivity contribution in [3.8, 4) is 11.5 Å². The van der Waals surface area contributed by atoms with E-state index in [4.69, 9.17) is 0 Å². The molecule has 0 spiro atoms. The third-order valence-electron chi connectivity index (χ3n) is 1.66. The topological polar surface area (TPSA) is 0 Å². The quantitative estimate of drug-likeness (QED) is 0.414. The van der Waals surface area contributed by atoms with Crippen LogP contribution < -0.4 is 0 Å². The van der Waals surface area contributed by atoms with Crippen LogP contribution in [0.25, 0.3) is 0 Å². The lowest BCUT2D eigenvalue weighted by Crippen LogP contribution is -2.20. The Bertz CT molecular complexity index is 197. The first-order chi connectivity index (χ1) is 4.98. The second-order valence-corrected chi connectivity index (χ2v) is 8.45. The van der Waals surface area contributed by atoms with Crippen molar-refractivity contribution in [1.82, 2.24) is 0 Å². The fourth-order valence-electron chi connectivity index (χ4n) is 0.464. The summed E-state index contributed by atoms with van der Waals surface area (Å²) in [4.78, 5) is 0. The van der Waals surface area contributed by atoms with Gasteiger partial charge in [-0.05, 0) is 26.0 Å². The van der Waals surface area contributed by atoms with E-state index < -0.39 is 8.07 Å². The van der Waals surface area contributed by atoms with Gasteiger partial charge in [-0.25, -0.2) is 0 Å². The van der Waals surface area contributed by atoms with Gasteiger partial charge in [-0.2, -0.15) is 0 Å². The molecule has 0 aromatic carbocycles. The Morgan fingerprint density at radius 1 is 1.36 bits per heavy atom. The first-order valence-corrected chi connectivity index (χ1v) is 7.35. The molecule has 0 aliphatic rings. The Morgan fingerprint density at radius 3 is 2.27 bits per heavy atom. The van der Waals surface area contributed by atoms with E-state index in [-0.39, 0.29) is 0 Å². The maximum Gasteiger partial charge on any atom is 0.132 e. The average molecular weight is 166 g/mol. The largest absolute Gasteiger partial charge is 0.132 e. The van der Waals surface area contributed by atoms with Crippen molar-refractivity contribution in [2.75, 3.05) is 0 Å². The molecule has 0 nitrogen and oxygen atoms in total. The maximum atomic E-state index is 3.35. The van der Waals surface area contributed by atoms with Crippen molar-refractivity contribution >= 4 is 8.07 Å². The van der Waals surface area contributed by atoms with Crippen molar-refractivity contribution < 1.29 is 0 Å². The molecule has 0 radical (unpaired) electrons. The first-order valence-electron chi connectivity index (χ1n) is 4.14. The van der Waals surface area contributed by atoms with E-state index in [0.29, 0.717) is 0 Å². The smallest absolute Gasteiger partial charge is 0.127 e. The standard InChI is InChI=1S/C10H18Si/c1-6-11(4,5)9-7-8-10(2)3/h8H,6H2,1-5H3. The Hall–Kier alpha value is -0.483. The molecule has 0 aliphatic carbocycles. The molecule has 0 saturated carbocycles. The highest BCUT2D eigenvalue weighted by molar-refractivity contribution is 6.85. The minimum atomic E-state index is -1.15. The molecule has 0 heterocycles. The molecule has 0 aromatic heterocycles. The summed E-state index contributed by atoms with van der Waals surface area (Å²) in [5, 5.41) is 0. The second-order valence-electron chi connectivity index (χ2n) is 3.73. The van der Waals surface area contributed by atoms with Crippen LogP contribution in [0, 0.1) is 11.5 Å². The van der Waals surface area contributed by atoms with E-state index in [9.17, 15) is 0 Å². The second kappa shape index (κ2) is 4.41. The fraction of sp³-hybridized carbons (Fsp3) is 0.600. The van der Waals surface area contributed by atoms with Gasteiger partial charge in [-0.3, -0.25) is 0 Å². The summed E-state index contributed by atoms with van der Waals surface area (Å²) < 4.78 is 0. The molecule has 0 amide bonds. The van der Waals surface area contributed by atoms with Gasteiger partial charge in [0.15, 0.2) is 0 Å². The van der Waals surface area contributed by atoms with Crippen LogP contribution in [0.1, 0.15) is 20.8 Å². The van der Waals surface area contributed by atoms with Gasteiger partial charge < -0.3 is 0 Å². The van der Waals surface area contributed by atoms with Gasteiger partial charge in [0.25, 0.3) is 0 Å². The van der Waals surface area contributed by atoms with Crippen molar-refractivity contribution in [1.29, 1.82) is 0 Å².